The number of nitrogens with one attached hydrogen (secondary N) is 1. The Morgan fingerprint density at radius 1 is 1.35 bits per heavy atom. The van der Waals surface area contributed by atoms with E-state index in [2.05, 4.69) is 10.2 Å². The topological polar surface area (TPSA) is 84.9 Å². The number of H-pyrrole nitrogens is 1. The van der Waals surface area contributed by atoms with Gasteiger partial charge in [0.2, 0.25) is 5.78 Å². The number of carbonyl (C=O) groups excluding carboxylic acids is 1. The molecule has 0 spiro atoms. The zero-order chi connectivity index (χ0) is 11.8. The molecule has 3 aromatic rings. The Morgan fingerprint density at radius 3 is 2.88 bits per heavy atom. The minimum absolute atomic E-state index is 0.246. The van der Waals surface area contributed by atoms with Gasteiger partial charge in [0.1, 0.15) is 11.4 Å². The van der Waals surface area contributed by atoms with Gasteiger partial charge in [-0.1, -0.05) is 18.2 Å². The predicted octanol–water partition coefficient (Wildman–Crippen LogP) is 1.97. The molecule has 0 bridgehead atoms. The van der Waals surface area contributed by atoms with Crippen molar-refractivity contribution in [1.82, 2.24) is 10.2 Å². The van der Waals surface area contributed by atoms with E-state index in [1.807, 2.05) is 24.3 Å². The van der Waals surface area contributed by atoms with Crippen LogP contribution in [0.15, 0.2) is 40.9 Å². The van der Waals surface area contributed by atoms with Crippen molar-refractivity contribution in [3.8, 4) is 0 Å². The van der Waals surface area contributed by atoms with Crippen LogP contribution in [-0.4, -0.2) is 16.0 Å². The summed E-state index contributed by atoms with van der Waals surface area (Å²) in [5.41, 5.74) is 6.59. The maximum atomic E-state index is 12.1. The van der Waals surface area contributed by atoms with Gasteiger partial charge in [0.25, 0.3) is 0 Å². The fraction of sp³-hybridized carbons (Fsp3) is 0. The van der Waals surface area contributed by atoms with Gasteiger partial charge in [-0.05, 0) is 12.1 Å². The summed E-state index contributed by atoms with van der Waals surface area (Å²) in [4.78, 5) is 12.1. The standard InChI is InChI=1S/C12H9N3O2/c13-12-8(6-14-15-12)11(16)10-5-7-3-1-2-4-9(7)17-10/h1-6H,(H3,13,14,15). The molecule has 0 amide bonds. The Hall–Kier alpha value is -2.56. The third kappa shape index (κ3) is 1.48. The number of hydrogen-bond acceptors (Lipinski definition) is 4. The molecule has 1 aromatic carbocycles. The number of hydrogen-bond donors (Lipinski definition) is 2. The number of benzene rings is 1. The molecule has 2 heterocycles. The molecule has 0 aliphatic rings. The summed E-state index contributed by atoms with van der Waals surface area (Å²) in [6.07, 6.45) is 1.39. The number of nitrogens with two attached hydrogens (primary N) is 1. The van der Waals surface area contributed by atoms with Gasteiger partial charge in [-0.25, -0.2) is 0 Å². The van der Waals surface area contributed by atoms with Crippen LogP contribution in [-0.2, 0) is 0 Å². The highest BCUT2D eigenvalue weighted by atomic mass is 16.3. The van der Waals surface area contributed by atoms with E-state index in [-0.39, 0.29) is 17.4 Å². The van der Waals surface area contributed by atoms with Crippen molar-refractivity contribution in [3.05, 3.63) is 47.9 Å². The number of anilines is 1. The molecular formula is C12H9N3O2. The van der Waals surface area contributed by atoms with Gasteiger partial charge in [-0.2, -0.15) is 5.10 Å². The van der Waals surface area contributed by atoms with Crippen molar-refractivity contribution in [2.45, 2.75) is 0 Å². The van der Waals surface area contributed by atoms with E-state index >= 15 is 0 Å². The van der Waals surface area contributed by atoms with Crippen molar-refractivity contribution in [2.75, 3.05) is 5.73 Å². The molecule has 17 heavy (non-hydrogen) atoms. The third-order valence-corrected chi connectivity index (χ3v) is 2.56. The first-order valence-electron chi connectivity index (χ1n) is 5.08. The lowest BCUT2D eigenvalue weighted by Crippen LogP contribution is -2.01. The monoisotopic (exact) mass is 227 g/mol. The Bertz CT molecular complexity index is 663. The second-order valence-electron chi connectivity index (χ2n) is 3.67. The third-order valence-electron chi connectivity index (χ3n) is 2.56. The summed E-state index contributed by atoms with van der Waals surface area (Å²) in [6.45, 7) is 0. The van der Waals surface area contributed by atoms with Crippen molar-refractivity contribution in [3.63, 3.8) is 0 Å². The van der Waals surface area contributed by atoms with Crippen LogP contribution in [0.1, 0.15) is 16.1 Å². The molecule has 84 valence electrons. The van der Waals surface area contributed by atoms with Gasteiger partial charge in [0.15, 0.2) is 5.76 Å². The molecule has 0 unspecified atom stereocenters. The molecule has 0 aliphatic heterocycles. The molecule has 0 fully saturated rings. The van der Waals surface area contributed by atoms with Crippen molar-refractivity contribution in [1.29, 1.82) is 0 Å². The van der Waals surface area contributed by atoms with E-state index in [0.29, 0.717) is 11.1 Å². The van der Waals surface area contributed by atoms with Gasteiger partial charge in [0.05, 0.1) is 11.8 Å². The summed E-state index contributed by atoms with van der Waals surface area (Å²) in [5, 5.41) is 7.12. The number of aromatic amines is 1. The molecule has 3 N–H and O–H groups in total. The first-order valence-corrected chi connectivity index (χ1v) is 5.08. The Kier molecular flexibility index (Phi) is 1.98. The van der Waals surface area contributed by atoms with E-state index < -0.39 is 0 Å². The zero-order valence-corrected chi connectivity index (χ0v) is 8.81. The fourth-order valence-electron chi connectivity index (χ4n) is 1.70. The highest BCUT2D eigenvalue weighted by Gasteiger charge is 2.18. The van der Waals surface area contributed by atoms with Crippen LogP contribution < -0.4 is 5.73 Å². The smallest absolute Gasteiger partial charge is 0.233 e. The van der Waals surface area contributed by atoms with E-state index in [4.69, 9.17) is 10.2 Å². The lowest BCUT2D eigenvalue weighted by atomic mass is 10.1. The van der Waals surface area contributed by atoms with E-state index in [1.54, 1.807) is 6.07 Å². The fourth-order valence-corrected chi connectivity index (χ4v) is 1.70. The lowest BCUT2D eigenvalue weighted by molar-refractivity contribution is 0.101. The number of carbonyl (C=O) groups is 1. The normalized spacial score (nSPS) is 10.8. The SMILES string of the molecule is Nc1[nH]ncc1C(=O)c1cc2ccccc2o1. The summed E-state index contributed by atoms with van der Waals surface area (Å²) >= 11 is 0. The minimum Gasteiger partial charge on any atom is -0.453 e. The van der Waals surface area contributed by atoms with Gasteiger partial charge >= 0.3 is 0 Å². The van der Waals surface area contributed by atoms with Crippen molar-refractivity contribution >= 4 is 22.6 Å². The minimum atomic E-state index is -0.271. The summed E-state index contributed by atoms with van der Waals surface area (Å²) in [7, 11) is 0. The Morgan fingerprint density at radius 2 is 2.18 bits per heavy atom. The van der Waals surface area contributed by atoms with Gasteiger partial charge in [-0.15, -0.1) is 0 Å². The van der Waals surface area contributed by atoms with Crippen LogP contribution in [0.5, 0.6) is 0 Å². The van der Waals surface area contributed by atoms with Gasteiger partial charge < -0.3 is 10.2 Å². The number of nitrogen functional groups attached to an aromatic ring is 1. The summed E-state index contributed by atoms with van der Waals surface area (Å²) < 4.78 is 5.46. The van der Waals surface area contributed by atoms with Crippen molar-refractivity contribution in [2.24, 2.45) is 0 Å². The van der Waals surface area contributed by atoms with Crippen LogP contribution in [0.2, 0.25) is 0 Å². The second-order valence-corrected chi connectivity index (χ2v) is 3.67. The number of para-hydroxylation sites is 1. The predicted molar refractivity (Wildman–Crippen MR) is 62.6 cm³/mol. The van der Waals surface area contributed by atoms with E-state index in [9.17, 15) is 4.79 Å². The number of rotatable bonds is 2. The highest BCUT2D eigenvalue weighted by Crippen LogP contribution is 2.22. The van der Waals surface area contributed by atoms with Crippen molar-refractivity contribution < 1.29 is 9.21 Å². The molecule has 5 nitrogen and oxygen atoms in total. The maximum absolute atomic E-state index is 12.1. The Labute approximate surface area is 96.2 Å². The largest absolute Gasteiger partial charge is 0.453 e. The van der Waals surface area contributed by atoms with Crippen LogP contribution >= 0.6 is 0 Å². The van der Waals surface area contributed by atoms with Gasteiger partial charge in [0, 0.05) is 5.39 Å². The second kappa shape index (κ2) is 3.48. The summed E-state index contributed by atoms with van der Waals surface area (Å²) in [5.74, 6) is 0.238. The van der Waals surface area contributed by atoms with E-state index in [1.165, 1.54) is 6.20 Å². The average molecular weight is 227 g/mol. The molecule has 0 aliphatic carbocycles. The molecule has 0 radical (unpaired) electrons. The average Bonchev–Trinajstić information content (AvgIpc) is 2.93. The molecule has 3 rings (SSSR count). The maximum Gasteiger partial charge on any atom is 0.233 e. The molecule has 0 saturated carbocycles. The quantitative estimate of drug-likeness (QED) is 0.655. The zero-order valence-electron chi connectivity index (χ0n) is 8.81. The number of aromatic nitrogens is 2. The van der Waals surface area contributed by atoms with Crippen LogP contribution in [0.3, 0.4) is 0 Å². The van der Waals surface area contributed by atoms with Crippen LogP contribution in [0.4, 0.5) is 5.82 Å². The van der Waals surface area contributed by atoms with Crippen LogP contribution in [0, 0.1) is 0 Å². The Balaban J connectivity index is 2.10. The lowest BCUT2D eigenvalue weighted by Gasteiger charge is -1.93. The molecule has 5 heteroatoms. The number of furan rings is 1. The number of fused-ring (bicyclic) bond motifs is 1. The first-order chi connectivity index (χ1) is 8.25. The number of ketones is 1. The first kappa shape index (κ1) is 9.65. The molecule has 2 aromatic heterocycles. The molecule has 0 saturated heterocycles. The molecule has 0 atom stereocenters. The van der Waals surface area contributed by atoms with Crippen LogP contribution in [0.25, 0.3) is 11.0 Å². The highest BCUT2D eigenvalue weighted by molar-refractivity contribution is 6.11. The van der Waals surface area contributed by atoms with Gasteiger partial charge in [-0.3, -0.25) is 9.89 Å². The molecular weight excluding hydrogens is 218 g/mol. The number of nitrogens with zero attached hydrogens (tertiary/aromatic N) is 1. The van der Waals surface area contributed by atoms with E-state index in [0.717, 1.165) is 5.39 Å². The summed E-state index contributed by atoms with van der Waals surface area (Å²) in [6, 6.07) is 9.13.